The van der Waals surface area contributed by atoms with Crippen LogP contribution in [-0.4, -0.2) is 30.8 Å². The van der Waals surface area contributed by atoms with Gasteiger partial charge in [-0.2, -0.15) is 5.26 Å². The Hall–Kier alpha value is -2.75. The van der Waals surface area contributed by atoms with E-state index in [1.54, 1.807) is 0 Å². The third-order valence-corrected chi connectivity index (χ3v) is 2.65. The summed E-state index contributed by atoms with van der Waals surface area (Å²) in [6, 6.07) is 6.86. The number of carbonyl (C=O) groups is 3. The molecule has 0 saturated carbocycles. The maximum Gasteiger partial charge on any atom is 0.306 e. The fourth-order valence-corrected chi connectivity index (χ4v) is 1.52. The fourth-order valence-electron chi connectivity index (χ4n) is 1.52. The standard InChI is InChI=1S/C15H15FN2O4/c16-12-4-2-11(3-5-12)13(19)6-7-15(21)22-10-14(20)18-9-1-8-17/h2-5H,1,6-7,9-10H2,(H,18,20). The number of carbonyl (C=O) groups excluding carboxylic acids is 3. The smallest absolute Gasteiger partial charge is 0.306 e. The first kappa shape index (κ1) is 17.3. The van der Waals surface area contributed by atoms with Crippen molar-refractivity contribution in [2.45, 2.75) is 19.3 Å². The van der Waals surface area contributed by atoms with Gasteiger partial charge in [-0.05, 0) is 24.3 Å². The maximum atomic E-state index is 12.7. The highest BCUT2D eigenvalue weighted by atomic mass is 19.1. The molecule has 0 heterocycles. The van der Waals surface area contributed by atoms with E-state index in [9.17, 15) is 18.8 Å². The molecule has 22 heavy (non-hydrogen) atoms. The Labute approximate surface area is 126 Å². The molecule has 1 aromatic carbocycles. The fraction of sp³-hybridized carbons (Fsp3) is 0.333. The van der Waals surface area contributed by atoms with Crippen molar-refractivity contribution in [1.82, 2.24) is 5.32 Å². The number of nitrogens with zero attached hydrogens (tertiary/aromatic N) is 1. The summed E-state index contributed by atoms with van der Waals surface area (Å²) in [5, 5.41) is 10.7. The van der Waals surface area contributed by atoms with Crippen LogP contribution in [0, 0.1) is 17.1 Å². The highest BCUT2D eigenvalue weighted by Crippen LogP contribution is 2.07. The quantitative estimate of drug-likeness (QED) is 0.444. The zero-order chi connectivity index (χ0) is 16.4. The predicted octanol–water partition coefficient (Wildman–Crippen LogP) is 1.36. The van der Waals surface area contributed by atoms with E-state index in [-0.39, 0.29) is 31.6 Å². The van der Waals surface area contributed by atoms with E-state index in [0.717, 1.165) is 12.1 Å². The number of halogens is 1. The summed E-state index contributed by atoms with van der Waals surface area (Å²) in [7, 11) is 0. The van der Waals surface area contributed by atoms with Crippen molar-refractivity contribution in [2.24, 2.45) is 0 Å². The Balaban J connectivity index is 2.25. The van der Waals surface area contributed by atoms with Gasteiger partial charge in [-0.1, -0.05) is 0 Å². The Bertz CT molecular complexity index is 578. The molecule has 1 aromatic rings. The Morgan fingerprint density at radius 2 is 1.86 bits per heavy atom. The molecule has 1 amide bonds. The summed E-state index contributed by atoms with van der Waals surface area (Å²) in [6.45, 7) is -0.259. The number of ether oxygens (including phenoxy) is 1. The number of nitriles is 1. The first-order valence-electron chi connectivity index (χ1n) is 6.61. The van der Waals surface area contributed by atoms with Crippen LogP contribution in [0.1, 0.15) is 29.6 Å². The van der Waals surface area contributed by atoms with Crippen molar-refractivity contribution in [3.8, 4) is 6.07 Å². The molecule has 0 atom stereocenters. The van der Waals surface area contributed by atoms with Gasteiger partial charge in [-0.3, -0.25) is 14.4 Å². The van der Waals surface area contributed by atoms with Crippen molar-refractivity contribution >= 4 is 17.7 Å². The summed E-state index contributed by atoms with van der Waals surface area (Å²) in [5.41, 5.74) is 0.309. The molecule has 7 heteroatoms. The van der Waals surface area contributed by atoms with Crippen LogP contribution in [-0.2, 0) is 14.3 Å². The Morgan fingerprint density at radius 3 is 2.50 bits per heavy atom. The van der Waals surface area contributed by atoms with Crippen molar-refractivity contribution in [3.05, 3.63) is 35.6 Å². The normalized spacial score (nSPS) is 9.64. The van der Waals surface area contributed by atoms with Crippen LogP contribution in [0.5, 0.6) is 0 Å². The summed E-state index contributed by atoms with van der Waals surface area (Å²) in [6.07, 6.45) is -0.0753. The number of esters is 1. The number of hydrogen-bond donors (Lipinski definition) is 1. The molecular formula is C15H15FN2O4. The van der Waals surface area contributed by atoms with Crippen LogP contribution in [0.4, 0.5) is 4.39 Å². The summed E-state index contributed by atoms with van der Waals surface area (Å²) in [4.78, 5) is 34.3. The molecule has 116 valence electrons. The molecule has 0 radical (unpaired) electrons. The molecule has 1 rings (SSSR count). The Kier molecular flexibility index (Phi) is 7.26. The van der Waals surface area contributed by atoms with E-state index in [1.165, 1.54) is 12.1 Å². The van der Waals surface area contributed by atoms with Gasteiger partial charge in [0.2, 0.25) is 0 Å². The SMILES string of the molecule is N#CCCNC(=O)COC(=O)CCC(=O)c1ccc(F)cc1. The van der Waals surface area contributed by atoms with Gasteiger partial charge in [0, 0.05) is 18.5 Å². The monoisotopic (exact) mass is 306 g/mol. The number of ketones is 1. The van der Waals surface area contributed by atoms with Gasteiger partial charge in [-0.25, -0.2) is 4.39 Å². The molecule has 0 aromatic heterocycles. The predicted molar refractivity (Wildman–Crippen MR) is 74.2 cm³/mol. The molecule has 0 aliphatic heterocycles. The maximum absolute atomic E-state index is 12.7. The molecule has 0 saturated heterocycles. The second-order valence-corrected chi connectivity index (χ2v) is 4.35. The van der Waals surface area contributed by atoms with Crippen molar-refractivity contribution < 1.29 is 23.5 Å². The molecule has 0 aliphatic carbocycles. The van der Waals surface area contributed by atoms with E-state index in [4.69, 9.17) is 10.00 Å². The van der Waals surface area contributed by atoms with E-state index < -0.39 is 24.3 Å². The molecule has 6 nitrogen and oxygen atoms in total. The van der Waals surface area contributed by atoms with Crippen LogP contribution in [0.25, 0.3) is 0 Å². The lowest BCUT2D eigenvalue weighted by Gasteiger charge is -2.05. The molecular weight excluding hydrogens is 291 g/mol. The lowest BCUT2D eigenvalue weighted by atomic mass is 10.1. The number of nitrogens with one attached hydrogen (secondary N) is 1. The molecule has 0 unspecified atom stereocenters. The lowest BCUT2D eigenvalue weighted by molar-refractivity contribution is -0.148. The first-order chi connectivity index (χ1) is 10.5. The molecule has 0 aliphatic rings. The molecule has 0 spiro atoms. The van der Waals surface area contributed by atoms with Gasteiger partial charge in [0.25, 0.3) is 5.91 Å². The minimum atomic E-state index is -0.675. The second-order valence-electron chi connectivity index (χ2n) is 4.35. The van der Waals surface area contributed by atoms with Crippen LogP contribution in [0.3, 0.4) is 0 Å². The van der Waals surface area contributed by atoms with E-state index in [2.05, 4.69) is 5.32 Å². The first-order valence-corrected chi connectivity index (χ1v) is 6.61. The molecule has 1 N–H and O–H groups in total. The van der Waals surface area contributed by atoms with Crippen LogP contribution < -0.4 is 5.32 Å². The van der Waals surface area contributed by atoms with E-state index in [0.29, 0.717) is 5.56 Å². The summed E-state index contributed by atoms with van der Waals surface area (Å²) >= 11 is 0. The summed E-state index contributed by atoms with van der Waals surface area (Å²) < 4.78 is 17.4. The average molecular weight is 306 g/mol. The number of amides is 1. The van der Waals surface area contributed by atoms with Gasteiger partial charge in [0.1, 0.15) is 5.82 Å². The van der Waals surface area contributed by atoms with Gasteiger partial charge >= 0.3 is 5.97 Å². The van der Waals surface area contributed by atoms with E-state index in [1.807, 2.05) is 6.07 Å². The van der Waals surface area contributed by atoms with E-state index >= 15 is 0 Å². The van der Waals surface area contributed by atoms with Gasteiger partial charge < -0.3 is 10.1 Å². The third-order valence-electron chi connectivity index (χ3n) is 2.65. The van der Waals surface area contributed by atoms with Gasteiger partial charge in [-0.15, -0.1) is 0 Å². The zero-order valence-electron chi connectivity index (χ0n) is 11.8. The topological polar surface area (TPSA) is 96.3 Å². The number of benzene rings is 1. The van der Waals surface area contributed by atoms with Crippen LogP contribution in [0.2, 0.25) is 0 Å². The summed E-state index contributed by atoms with van der Waals surface area (Å²) in [5.74, 6) is -1.94. The van der Waals surface area contributed by atoms with Crippen LogP contribution >= 0.6 is 0 Å². The number of rotatable bonds is 8. The third kappa shape index (κ3) is 6.61. The highest BCUT2D eigenvalue weighted by Gasteiger charge is 2.11. The highest BCUT2D eigenvalue weighted by molar-refractivity contribution is 5.97. The average Bonchev–Trinajstić information content (AvgIpc) is 2.51. The zero-order valence-corrected chi connectivity index (χ0v) is 11.8. The van der Waals surface area contributed by atoms with Crippen molar-refractivity contribution in [1.29, 1.82) is 5.26 Å². The van der Waals surface area contributed by atoms with Crippen molar-refractivity contribution in [3.63, 3.8) is 0 Å². The van der Waals surface area contributed by atoms with Crippen LogP contribution in [0.15, 0.2) is 24.3 Å². The lowest BCUT2D eigenvalue weighted by Crippen LogP contribution is -2.29. The number of hydrogen-bond acceptors (Lipinski definition) is 5. The molecule has 0 bridgehead atoms. The minimum absolute atomic E-state index is 0.0828. The second kappa shape index (κ2) is 9.23. The van der Waals surface area contributed by atoms with Crippen molar-refractivity contribution in [2.75, 3.05) is 13.2 Å². The Morgan fingerprint density at radius 1 is 1.18 bits per heavy atom. The minimum Gasteiger partial charge on any atom is -0.456 e. The van der Waals surface area contributed by atoms with Gasteiger partial charge in [0.05, 0.1) is 18.9 Å². The largest absolute Gasteiger partial charge is 0.456 e. The van der Waals surface area contributed by atoms with Gasteiger partial charge in [0.15, 0.2) is 12.4 Å². The molecule has 0 fully saturated rings. The number of Topliss-reactive ketones (excluding diaryl/α,β-unsaturated/α-hetero) is 1.